The highest BCUT2D eigenvalue weighted by atomic mass is 16.5. The van der Waals surface area contributed by atoms with Gasteiger partial charge in [-0.2, -0.15) is 10.1 Å². The first-order valence-corrected chi connectivity index (χ1v) is 8.60. The molecule has 3 heterocycles. The van der Waals surface area contributed by atoms with Gasteiger partial charge >= 0.3 is 12.0 Å². The average Bonchev–Trinajstić information content (AvgIpc) is 3.23. The number of fused-ring (bicyclic) bond motifs is 1. The smallest absolute Gasteiger partial charge is 0.324 e. The summed E-state index contributed by atoms with van der Waals surface area (Å²) in [5.74, 6) is -0.241. The summed E-state index contributed by atoms with van der Waals surface area (Å²) in [6.07, 6.45) is 1.43. The Labute approximate surface area is 150 Å². The number of aliphatic carboxylic acids is 1. The number of aryl methyl sites for hydroxylation is 2. The van der Waals surface area contributed by atoms with Crippen molar-refractivity contribution >= 4 is 12.0 Å². The molecule has 0 fully saturated rings. The lowest BCUT2D eigenvalue weighted by Crippen LogP contribution is -2.22. The number of nitrogens with zero attached hydrogens (tertiary/aromatic N) is 5. The molecule has 1 aromatic carbocycles. The molecule has 0 atom stereocenters. The van der Waals surface area contributed by atoms with E-state index in [2.05, 4.69) is 15.2 Å². The minimum atomic E-state index is -0.811. The summed E-state index contributed by atoms with van der Waals surface area (Å²) in [6.45, 7) is 2.19. The molecule has 0 aliphatic carbocycles. The molecule has 134 valence electrons. The van der Waals surface area contributed by atoms with Gasteiger partial charge in [-0.15, -0.1) is 0 Å². The molecule has 8 heteroatoms. The minimum absolute atomic E-state index is 0.0876. The summed E-state index contributed by atoms with van der Waals surface area (Å²) in [7, 11) is 0. The van der Waals surface area contributed by atoms with E-state index in [0.717, 1.165) is 36.5 Å². The summed E-state index contributed by atoms with van der Waals surface area (Å²) < 4.78 is 7.42. The van der Waals surface area contributed by atoms with Crippen LogP contribution in [0.4, 0.5) is 6.01 Å². The topological polar surface area (TPSA) is 97.3 Å². The number of carbonyl (C=O) groups is 1. The van der Waals surface area contributed by atoms with E-state index in [0.29, 0.717) is 24.8 Å². The summed E-state index contributed by atoms with van der Waals surface area (Å²) >= 11 is 0. The fraction of sp³-hybridized carbons (Fsp3) is 0.333. The molecule has 1 aliphatic rings. The molecule has 26 heavy (non-hydrogen) atoms. The molecular weight excluding hydrogens is 334 g/mol. The minimum Gasteiger partial charge on any atom is -0.481 e. The fourth-order valence-electron chi connectivity index (χ4n) is 3.09. The van der Waals surface area contributed by atoms with E-state index in [4.69, 9.17) is 9.63 Å². The molecule has 1 N–H and O–H groups in total. The number of hydrogen-bond acceptors (Lipinski definition) is 6. The van der Waals surface area contributed by atoms with Gasteiger partial charge in [-0.1, -0.05) is 35.5 Å². The first kappa shape index (κ1) is 16.3. The van der Waals surface area contributed by atoms with Crippen molar-refractivity contribution in [3.8, 4) is 11.4 Å². The van der Waals surface area contributed by atoms with Crippen LogP contribution in [0.2, 0.25) is 0 Å². The highest BCUT2D eigenvalue weighted by molar-refractivity contribution is 5.67. The zero-order valence-corrected chi connectivity index (χ0v) is 14.2. The average molecular weight is 353 g/mol. The quantitative estimate of drug-likeness (QED) is 0.752. The Morgan fingerprint density at radius 2 is 2.08 bits per heavy atom. The molecular formula is C18H19N5O3. The predicted octanol–water partition coefficient (Wildman–Crippen LogP) is 2.36. The van der Waals surface area contributed by atoms with Crippen LogP contribution in [0.3, 0.4) is 0 Å². The largest absolute Gasteiger partial charge is 0.481 e. The molecule has 4 rings (SSSR count). The molecule has 0 saturated heterocycles. The first-order chi connectivity index (χ1) is 12.7. The SMILES string of the molecule is O=C(O)CCc1cc2n(n1)CCCN(c1nc(-c3ccccc3)no1)C2. The third kappa shape index (κ3) is 3.44. The van der Waals surface area contributed by atoms with Gasteiger partial charge in [0.25, 0.3) is 0 Å². The monoisotopic (exact) mass is 353 g/mol. The third-order valence-corrected chi connectivity index (χ3v) is 4.38. The van der Waals surface area contributed by atoms with Gasteiger partial charge in [0, 0.05) is 25.1 Å². The molecule has 8 nitrogen and oxygen atoms in total. The van der Waals surface area contributed by atoms with Crippen molar-refractivity contribution in [2.75, 3.05) is 11.4 Å². The van der Waals surface area contributed by atoms with Crippen LogP contribution in [-0.4, -0.2) is 37.5 Å². The van der Waals surface area contributed by atoms with Crippen molar-refractivity contribution in [1.82, 2.24) is 19.9 Å². The lowest BCUT2D eigenvalue weighted by atomic mass is 10.2. The van der Waals surface area contributed by atoms with Crippen molar-refractivity contribution in [3.05, 3.63) is 47.8 Å². The third-order valence-electron chi connectivity index (χ3n) is 4.38. The number of carboxylic acid groups (broad SMARTS) is 1. The Hall–Kier alpha value is -3.16. The molecule has 0 saturated carbocycles. The van der Waals surface area contributed by atoms with Crippen molar-refractivity contribution < 1.29 is 14.4 Å². The summed E-state index contributed by atoms with van der Waals surface area (Å²) in [5.41, 5.74) is 2.75. The predicted molar refractivity (Wildman–Crippen MR) is 93.6 cm³/mol. The van der Waals surface area contributed by atoms with Crippen LogP contribution in [-0.2, 0) is 24.3 Å². The lowest BCUT2D eigenvalue weighted by molar-refractivity contribution is -0.136. The zero-order chi connectivity index (χ0) is 17.9. The lowest BCUT2D eigenvalue weighted by Gasteiger charge is -2.15. The van der Waals surface area contributed by atoms with Crippen LogP contribution >= 0.6 is 0 Å². The Bertz CT molecular complexity index is 903. The summed E-state index contributed by atoms with van der Waals surface area (Å²) in [5, 5.41) is 17.4. The maximum atomic E-state index is 10.8. The Balaban J connectivity index is 1.52. The number of aromatic nitrogens is 4. The maximum Gasteiger partial charge on any atom is 0.324 e. The van der Waals surface area contributed by atoms with Crippen molar-refractivity contribution in [3.63, 3.8) is 0 Å². The Kier molecular flexibility index (Phi) is 4.39. The number of rotatable bonds is 5. The highest BCUT2D eigenvalue weighted by Crippen LogP contribution is 2.23. The van der Waals surface area contributed by atoms with E-state index < -0.39 is 5.97 Å². The van der Waals surface area contributed by atoms with Gasteiger partial charge in [0.2, 0.25) is 5.82 Å². The van der Waals surface area contributed by atoms with Gasteiger partial charge in [-0.25, -0.2) is 0 Å². The number of hydrogen-bond donors (Lipinski definition) is 1. The Morgan fingerprint density at radius 3 is 2.88 bits per heavy atom. The molecule has 2 aromatic heterocycles. The van der Waals surface area contributed by atoms with E-state index in [-0.39, 0.29) is 6.42 Å². The van der Waals surface area contributed by atoms with E-state index in [1.807, 2.05) is 46.0 Å². The second-order valence-electron chi connectivity index (χ2n) is 6.29. The summed E-state index contributed by atoms with van der Waals surface area (Å²) in [6, 6.07) is 12.2. The Morgan fingerprint density at radius 1 is 1.23 bits per heavy atom. The molecule has 3 aromatic rings. The van der Waals surface area contributed by atoms with Gasteiger partial charge < -0.3 is 14.5 Å². The number of anilines is 1. The van der Waals surface area contributed by atoms with Crippen LogP contribution in [0.15, 0.2) is 40.9 Å². The van der Waals surface area contributed by atoms with E-state index in [1.165, 1.54) is 0 Å². The van der Waals surface area contributed by atoms with Gasteiger partial charge in [-0.3, -0.25) is 9.48 Å². The summed E-state index contributed by atoms with van der Waals surface area (Å²) in [4.78, 5) is 17.3. The second kappa shape index (κ2) is 6.99. The van der Waals surface area contributed by atoms with E-state index in [9.17, 15) is 4.79 Å². The molecule has 0 unspecified atom stereocenters. The van der Waals surface area contributed by atoms with Gasteiger partial charge in [-0.05, 0) is 12.5 Å². The molecule has 0 spiro atoms. The maximum absolute atomic E-state index is 10.8. The zero-order valence-electron chi connectivity index (χ0n) is 14.2. The van der Waals surface area contributed by atoms with E-state index >= 15 is 0 Å². The first-order valence-electron chi connectivity index (χ1n) is 8.60. The second-order valence-corrected chi connectivity index (χ2v) is 6.29. The normalized spacial score (nSPS) is 14.1. The van der Waals surface area contributed by atoms with E-state index in [1.54, 1.807) is 0 Å². The standard InChI is InChI=1S/C18H19N5O3/c24-16(25)8-7-14-11-15-12-22(9-4-10-23(15)20-14)18-19-17(21-26-18)13-5-2-1-3-6-13/h1-3,5-6,11H,4,7-10,12H2,(H,24,25). The molecule has 1 aliphatic heterocycles. The van der Waals surface area contributed by atoms with Crippen molar-refractivity contribution in [2.45, 2.75) is 32.4 Å². The molecule has 0 amide bonds. The van der Waals surface area contributed by atoms with Crippen molar-refractivity contribution in [2.24, 2.45) is 0 Å². The van der Waals surface area contributed by atoms with Crippen LogP contribution in [0, 0.1) is 0 Å². The van der Waals surface area contributed by atoms with Gasteiger partial charge in [0.15, 0.2) is 0 Å². The molecule has 0 radical (unpaired) electrons. The van der Waals surface area contributed by atoms with Gasteiger partial charge in [0.1, 0.15) is 0 Å². The van der Waals surface area contributed by atoms with Gasteiger partial charge in [0.05, 0.1) is 24.4 Å². The fourth-order valence-corrected chi connectivity index (χ4v) is 3.09. The van der Waals surface area contributed by atoms with Crippen molar-refractivity contribution in [1.29, 1.82) is 0 Å². The van der Waals surface area contributed by atoms with Crippen LogP contribution in [0.25, 0.3) is 11.4 Å². The highest BCUT2D eigenvalue weighted by Gasteiger charge is 2.21. The number of carboxylic acids is 1. The molecule has 0 bridgehead atoms. The van der Waals surface area contributed by atoms with Crippen LogP contribution in [0.5, 0.6) is 0 Å². The van der Waals surface area contributed by atoms with Crippen LogP contribution < -0.4 is 4.90 Å². The number of benzene rings is 1. The van der Waals surface area contributed by atoms with Crippen LogP contribution in [0.1, 0.15) is 24.2 Å².